The van der Waals surface area contributed by atoms with Crippen molar-refractivity contribution in [2.45, 2.75) is 25.3 Å². The van der Waals surface area contributed by atoms with Crippen molar-refractivity contribution in [1.82, 2.24) is 9.80 Å². The van der Waals surface area contributed by atoms with Crippen LogP contribution >= 0.6 is 0 Å². The summed E-state index contributed by atoms with van der Waals surface area (Å²) >= 11 is 0. The van der Waals surface area contributed by atoms with Gasteiger partial charge in [0.1, 0.15) is 5.75 Å². The minimum atomic E-state index is 0.0856. The van der Waals surface area contributed by atoms with Crippen LogP contribution in [0, 0.1) is 0 Å². The van der Waals surface area contributed by atoms with Crippen molar-refractivity contribution in [2.24, 2.45) is 0 Å². The van der Waals surface area contributed by atoms with E-state index in [-0.39, 0.29) is 12.5 Å². The lowest BCUT2D eigenvalue weighted by molar-refractivity contribution is -0.135. The predicted molar refractivity (Wildman–Crippen MR) is 102 cm³/mol. The summed E-state index contributed by atoms with van der Waals surface area (Å²) in [5, 5.41) is 0. The number of benzene rings is 2. The highest BCUT2D eigenvalue weighted by Gasteiger charge is 2.28. The van der Waals surface area contributed by atoms with Crippen LogP contribution in [-0.4, -0.2) is 54.5 Å². The second-order valence-corrected chi connectivity index (χ2v) is 7.18. The maximum Gasteiger partial charge on any atom is 0.260 e. The van der Waals surface area contributed by atoms with E-state index in [1.807, 2.05) is 35.2 Å². The quantitative estimate of drug-likeness (QED) is 0.850. The van der Waals surface area contributed by atoms with Crippen LogP contribution in [-0.2, 0) is 17.6 Å². The molecule has 1 amide bonds. The van der Waals surface area contributed by atoms with Gasteiger partial charge in [-0.2, -0.15) is 0 Å². The van der Waals surface area contributed by atoms with E-state index in [4.69, 9.17) is 4.74 Å². The predicted octanol–water partition coefficient (Wildman–Crippen LogP) is 2.77. The van der Waals surface area contributed by atoms with E-state index in [0.717, 1.165) is 38.3 Å². The normalized spacial score (nSPS) is 20.5. The van der Waals surface area contributed by atoms with E-state index in [1.54, 1.807) is 0 Å². The summed E-state index contributed by atoms with van der Waals surface area (Å²) in [5.41, 5.74) is 3.01. The van der Waals surface area contributed by atoms with Gasteiger partial charge in [0.25, 0.3) is 5.91 Å². The standard InChI is InChI=1S/C22H26N2O2/c25-22(17-26-21-8-2-1-3-9-21)24-14-12-23(13-15-24)20-11-10-18-6-4-5-7-19(18)16-20/h1-9,20H,10-17H2. The first-order valence-corrected chi connectivity index (χ1v) is 9.56. The number of carbonyl (C=O) groups excluding carboxylic acids is 1. The molecule has 1 aliphatic heterocycles. The largest absolute Gasteiger partial charge is 0.484 e. The molecule has 1 aliphatic carbocycles. The van der Waals surface area contributed by atoms with Gasteiger partial charge >= 0.3 is 0 Å². The molecule has 2 aromatic carbocycles. The zero-order valence-corrected chi connectivity index (χ0v) is 15.1. The summed E-state index contributed by atoms with van der Waals surface area (Å²) in [6, 6.07) is 19.0. The molecule has 2 aromatic rings. The van der Waals surface area contributed by atoms with Crippen molar-refractivity contribution < 1.29 is 9.53 Å². The molecule has 2 aliphatic rings. The molecule has 4 heteroatoms. The summed E-state index contributed by atoms with van der Waals surface area (Å²) < 4.78 is 5.60. The minimum absolute atomic E-state index is 0.0856. The molecule has 1 fully saturated rings. The monoisotopic (exact) mass is 350 g/mol. The van der Waals surface area contributed by atoms with Gasteiger partial charge < -0.3 is 9.64 Å². The van der Waals surface area contributed by atoms with E-state index in [9.17, 15) is 4.79 Å². The number of hydrogen-bond acceptors (Lipinski definition) is 3. The van der Waals surface area contributed by atoms with E-state index in [2.05, 4.69) is 29.2 Å². The number of carbonyl (C=O) groups is 1. The third kappa shape index (κ3) is 3.91. The van der Waals surface area contributed by atoms with Gasteiger partial charge in [-0.05, 0) is 42.5 Å². The first-order chi connectivity index (χ1) is 12.8. The van der Waals surface area contributed by atoms with Crippen molar-refractivity contribution in [2.75, 3.05) is 32.8 Å². The fraction of sp³-hybridized carbons (Fsp3) is 0.409. The van der Waals surface area contributed by atoms with Crippen LogP contribution in [0.2, 0.25) is 0 Å². The van der Waals surface area contributed by atoms with Crippen LogP contribution in [0.4, 0.5) is 0 Å². The summed E-state index contributed by atoms with van der Waals surface area (Å²) in [6.45, 7) is 3.65. The lowest BCUT2D eigenvalue weighted by atomic mass is 9.87. The van der Waals surface area contributed by atoms with Gasteiger partial charge in [-0.1, -0.05) is 42.5 Å². The average Bonchev–Trinajstić information content (AvgIpc) is 2.72. The Morgan fingerprint density at radius 1 is 0.923 bits per heavy atom. The Kier molecular flexibility index (Phi) is 5.21. The van der Waals surface area contributed by atoms with Gasteiger partial charge in [0.2, 0.25) is 0 Å². The van der Waals surface area contributed by atoms with Crippen molar-refractivity contribution in [3.8, 4) is 5.75 Å². The molecule has 0 N–H and O–H groups in total. The van der Waals surface area contributed by atoms with Gasteiger partial charge in [0.15, 0.2) is 6.61 Å². The molecule has 0 spiro atoms. The molecule has 1 unspecified atom stereocenters. The summed E-state index contributed by atoms with van der Waals surface area (Å²) in [4.78, 5) is 16.9. The maximum absolute atomic E-state index is 12.4. The third-order valence-corrected chi connectivity index (χ3v) is 5.61. The number of para-hydroxylation sites is 1. The molecule has 0 saturated carbocycles. The molecule has 26 heavy (non-hydrogen) atoms. The van der Waals surface area contributed by atoms with Crippen molar-refractivity contribution in [3.05, 3.63) is 65.7 Å². The van der Waals surface area contributed by atoms with Crippen LogP contribution in [0.25, 0.3) is 0 Å². The van der Waals surface area contributed by atoms with Crippen LogP contribution in [0.3, 0.4) is 0 Å². The van der Waals surface area contributed by atoms with Gasteiger partial charge in [0, 0.05) is 32.2 Å². The Labute approximate surface area is 155 Å². The maximum atomic E-state index is 12.4. The summed E-state index contributed by atoms with van der Waals surface area (Å²) in [6.07, 6.45) is 3.54. The van der Waals surface area contributed by atoms with Gasteiger partial charge in [-0.15, -0.1) is 0 Å². The van der Waals surface area contributed by atoms with Gasteiger partial charge in [-0.25, -0.2) is 0 Å². The fourth-order valence-electron chi connectivity index (χ4n) is 4.08. The second-order valence-electron chi connectivity index (χ2n) is 7.18. The molecular weight excluding hydrogens is 324 g/mol. The topological polar surface area (TPSA) is 32.8 Å². The Bertz CT molecular complexity index is 739. The number of fused-ring (bicyclic) bond motifs is 1. The lowest BCUT2D eigenvalue weighted by Gasteiger charge is -2.41. The van der Waals surface area contributed by atoms with Crippen LogP contribution in [0.1, 0.15) is 17.5 Å². The molecule has 0 radical (unpaired) electrons. The number of aryl methyl sites for hydroxylation is 1. The van der Waals surface area contributed by atoms with E-state index in [1.165, 1.54) is 24.0 Å². The number of nitrogens with zero attached hydrogens (tertiary/aromatic N) is 2. The first-order valence-electron chi connectivity index (χ1n) is 9.56. The number of ether oxygens (including phenoxy) is 1. The molecule has 1 atom stereocenters. The van der Waals surface area contributed by atoms with Crippen LogP contribution in [0.15, 0.2) is 54.6 Å². The first kappa shape index (κ1) is 17.1. The van der Waals surface area contributed by atoms with Crippen molar-refractivity contribution in [1.29, 1.82) is 0 Å². The smallest absolute Gasteiger partial charge is 0.260 e. The summed E-state index contributed by atoms with van der Waals surface area (Å²) in [5.74, 6) is 0.836. The summed E-state index contributed by atoms with van der Waals surface area (Å²) in [7, 11) is 0. The van der Waals surface area contributed by atoms with Gasteiger partial charge in [0.05, 0.1) is 0 Å². The number of piperazine rings is 1. The fourth-order valence-corrected chi connectivity index (χ4v) is 4.08. The average molecular weight is 350 g/mol. The zero-order valence-electron chi connectivity index (χ0n) is 15.1. The molecule has 0 aromatic heterocycles. The SMILES string of the molecule is O=C(COc1ccccc1)N1CCN(C2CCc3ccccc3C2)CC1. The Balaban J connectivity index is 1.26. The van der Waals surface area contributed by atoms with Crippen molar-refractivity contribution in [3.63, 3.8) is 0 Å². The molecule has 4 rings (SSSR count). The minimum Gasteiger partial charge on any atom is -0.484 e. The number of rotatable bonds is 4. The van der Waals surface area contributed by atoms with E-state index >= 15 is 0 Å². The molecule has 4 nitrogen and oxygen atoms in total. The number of amides is 1. The lowest BCUT2D eigenvalue weighted by Crippen LogP contribution is -2.53. The van der Waals surface area contributed by atoms with Crippen LogP contribution < -0.4 is 4.74 Å². The Morgan fingerprint density at radius 3 is 2.38 bits per heavy atom. The molecule has 1 saturated heterocycles. The third-order valence-electron chi connectivity index (χ3n) is 5.61. The zero-order chi connectivity index (χ0) is 17.8. The molecule has 0 bridgehead atoms. The van der Waals surface area contributed by atoms with Gasteiger partial charge in [-0.3, -0.25) is 9.69 Å². The van der Waals surface area contributed by atoms with E-state index < -0.39 is 0 Å². The number of hydrogen-bond donors (Lipinski definition) is 0. The highest BCUT2D eigenvalue weighted by molar-refractivity contribution is 5.77. The second kappa shape index (κ2) is 7.92. The highest BCUT2D eigenvalue weighted by Crippen LogP contribution is 2.25. The molecule has 1 heterocycles. The highest BCUT2D eigenvalue weighted by atomic mass is 16.5. The van der Waals surface area contributed by atoms with Crippen molar-refractivity contribution >= 4 is 5.91 Å². The van der Waals surface area contributed by atoms with E-state index in [0.29, 0.717) is 6.04 Å². The molecular formula is C22H26N2O2. The van der Waals surface area contributed by atoms with Crippen LogP contribution in [0.5, 0.6) is 5.75 Å². The molecule has 136 valence electrons. The Morgan fingerprint density at radius 2 is 1.62 bits per heavy atom. The Hall–Kier alpha value is -2.33.